The predicted molar refractivity (Wildman–Crippen MR) is 114 cm³/mol. The van der Waals surface area contributed by atoms with Crippen LogP contribution in [0.25, 0.3) is 5.78 Å². The Hall–Kier alpha value is -2.35. The van der Waals surface area contributed by atoms with Crippen LogP contribution in [-0.4, -0.2) is 30.5 Å². The zero-order valence-electron chi connectivity index (χ0n) is 17.7. The Bertz CT molecular complexity index is 1060. The molecule has 1 unspecified atom stereocenters. The summed E-state index contributed by atoms with van der Waals surface area (Å²) in [7, 11) is 0. The summed E-state index contributed by atoms with van der Waals surface area (Å²) in [5.41, 5.74) is 4.40. The Kier molecular flexibility index (Phi) is 5.14. The summed E-state index contributed by atoms with van der Waals surface area (Å²) in [5.74, 6) is 1.25. The number of nitrogens with zero attached hydrogens (tertiary/aromatic N) is 5. The molecule has 1 aliphatic rings. The standard InChI is InChI=1S/C21H28N6OS/c1-12-15(13(2)27-19(24-12)22-11-23-27)7-9-18(28)26-20-25-16-8-6-14(21(3,4)5)10-17(16)29-20/h11,14H,6-10H2,1-5H3,(H,25,26,28). The molecule has 3 aromatic rings. The highest BCUT2D eigenvalue weighted by molar-refractivity contribution is 7.15. The molecule has 0 radical (unpaired) electrons. The topological polar surface area (TPSA) is 85.1 Å². The second-order valence-corrected chi connectivity index (χ2v) is 10.1. The molecule has 8 heteroatoms. The highest BCUT2D eigenvalue weighted by Crippen LogP contribution is 2.40. The molecule has 0 aliphatic heterocycles. The third kappa shape index (κ3) is 4.03. The fourth-order valence-corrected chi connectivity index (χ4v) is 5.21. The van der Waals surface area contributed by atoms with Gasteiger partial charge in [-0.05, 0) is 56.4 Å². The largest absolute Gasteiger partial charge is 0.302 e. The van der Waals surface area contributed by atoms with Gasteiger partial charge < -0.3 is 5.32 Å². The minimum atomic E-state index is -0.0130. The second kappa shape index (κ2) is 7.48. The summed E-state index contributed by atoms with van der Waals surface area (Å²) >= 11 is 1.64. The SMILES string of the molecule is Cc1nc2ncnn2c(C)c1CCC(=O)Nc1nc2c(s1)CC(C(C)(C)C)CC2. The number of nitrogens with one attached hydrogen (secondary N) is 1. The Morgan fingerprint density at radius 2 is 2.10 bits per heavy atom. The molecule has 7 nitrogen and oxygen atoms in total. The molecule has 0 saturated heterocycles. The van der Waals surface area contributed by atoms with Crippen molar-refractivity contribution in [3.05, 3.63) is 33.8 Å². The molecule has 1 N–H and O–H groups in total. The number of hydrogen-bond donors (Lipinski definition) is 1. The van der Waals surface area contributed by atoms with Crippen LogP contribution in [0.3, 0.4) is 0 Å². The number of aromatic nitrogens is 5. The first-order chi connectivity index (χ1) is 13.7. The lowest BCUT2D eigenvalue weighted by atomic mass is 9.73. The van der Waals surface area contributed by atoms with Crippen molar-refractivity contribution in [1.29, 1.82) is 0 Å². The fourth-order valence-electron chi connectivity index (χ4n) is 4.11. The number of amides is 1. The van der Waals surface area contributed by atoms with Crippen molar-refractivity contribution in [2.75, 3.05) is 5.32 Å². The van der Waals surface area contributed by atoms with Crippen LogP contribution in [0.2, 0.25) is 0 Å². The van der Waals surface area contributed by atoms with Crippen molar-refractivity contribution in [2.24, 2.45) is 11.3 Å². The van der Waals surface area contributed by atoms with Crippen molar-refractivity contribution in [2.45, 2.75) is 66.7 Å². The molecular formula is C21H28N6OS. The molecule has 0 spiro atoms. The molecule has 1 amide bonds. The molecule has 0 bridgehead atoms. The van der Waals surface area contributed by atoms with E-state index in [1.54, 1.807) is 15.9 Å². The lowest BCUT2D eigenvalue weighted by Gasteiger charge is -2.33. The van der Waals surface area contributed by atoms with Gasteiger partial charge in [0.1, 0.15) is 6.33 Å². The van der Waals surface area contributed by atoms with Crippen LogP contribution in [0.4, 0.5) is 5.13 Å². The number of aryl methyl sites for hydroxylation is 3. The van der Waals surface area contributed by atoms with Crippen LogP contribution in [0, 0.1) is 25.2 Å². The van der Waals surface area contributed by atoms with Gasteiger partial charge in [0.2, 0.25) is 5.91 Å². The van der Waals surface area contributed by atoms with E-state index in [9.17, 15) is 4.79 Å². The smallest absolute Gasteiger partial charge is 0.252 e. The summed E-state index contributed by atoms with van der Waals surface area (Å²) in [4.78, 5) is 27.2. The van der Waals surface area contributed by atoms with Gasteiger partial charge in [0.25, 0.3) is 5.78 Å². The number of thiazole rings is 1. The first kappa shape index (κ1) is 19.9. The van der Waals surface area contributed by atoms with Gasteiger partial charge in [0.15, 0.2) is 5.13 Å². The summed E-state index contributed by atoms with van der Waals surface area (Å²) in [6, 6.07) is 0. The molecule has 29 heavy (non-hydrogen) atoms. The fraction of sp³-hybridized carbons (Fsp3) is 0.571. The van der Waals surface area contributed by atoms with E-state index in [0.717, 1.165) is 34.9 Å². The normalized spacial score (nSPS) is 16.8. The van der Waals surface area contributed by atoms with Crippen LogP contribution >= 0.6 is 11.3 Å². The zero-order chi connectivity index (χ0) is 20.8. The third-order valence-corrected chi connectivity index (χ3v) is 7.04. The quantitative estimate of drug-likeness (QED) is 0.702. The predicted octanol–water partition coefficient (Wildman–Crippen LogP) is 3.92. The number of anilines is 1. The summed E-state index contributed by atoms with van der Waals surface area (Å²) in [6.07, 6.45) is 5.74. The highest BCUT2D eigenvalue weighted by atomic mass is 32.1. The van der Waals surface area contributed by atoms with Crippen molar-refractivity contribution in [1.82, 2.24) is 24.6 Å². The molecule has 0 fully saturated rings. The minimum Gasteiger partial charge on any atom is -0.302 e. The van der Waals surface area contributed by atoms with Gasteiger partial charge in [-0.15, -0.1) is 11.3 Å². The average molecular weight is 413 g/mol. The van der Waals surface area contributed by atoms with E-state index < -0.39 is 0 Å². The monoisotopic (exact) mass is 412 g/mol. The first-order valence-electron chi connectivity index (χ1n) is 10.2. The average Bonchev–Trinajstić information content (AvgIpc) is 3.26. The highest BCUT2D eigenvalue weighted by Gasteiger charge is 2.30. The number of rotatable bonds is 4. The number of hydrogen-bond acceptors (Lipinski definition) is 6. The van der Waals surface area contributed by atoms with Gasteiger partial charge in [-0.2, -0.15) is 10.1 Å². The number of carbonyl (C=O) groups is 1. The number of fused-ring (bicyclic) bond motifs is 2. The molecule has 0 saturated carbocycles. The van der Waals surface area contributed by atoms with Gasteiger partial charge in [0, 0.05) is 22.7 Å². The van der Waals surface area contributed by atoms with E-state index in [4.69, 9.17) is 0 Å². The van der Waals surface area contributed by atoms with Gasteiger partial charge in [-0.25, -0.2) is 14.5 Å². The van der Waals surface area contributed by atoms with Crippen LogP contribution in [0.1, 0.15) is 61.1 Å². The van der Waals surface area contributed by atoms with Gasteiger partial charge in [0.05, 0.1) is 5.69 Å². The van der Waals surface area contributed by atoms with Crippen LogP contribution in [-0.2, 0) is 24.1 Å². The first-order valence-corrected chi connectivity index (χ1v) is 11.0. The molecule has 154 valence electrons. The Balaban J connectivity index is 1.41. The van der Waals surface area contributed by atoms with Crippen molar-refractivity contribution < 1.29 is 4.79 Å². The van der Waals surface area contributed by atoms with E-state index in [2.05, 4.69) is 46.1 Å². The van der Waals surface area contributed by atoms with E-state index >= 15 is 0 Å². The summed E-state index contributed by atoms with van der Waals surface area (Å²) in [5, 5.41) is 7.95. The summed E-state index contributed by atoms with van der Waals surface area (Å²) < 4.78 is 1.72. The second-order valence-electron chi connectivity index (χ2n) is 8.98. The van der Waals surface area contributed by atoms with Gasteiger partial charge in [-0.3, -0.25) is 4.79 Å². The van der Waals surface area contributed by atoms with Crippen LogP contribution in [0.15, 0.2) is 6.33 Å². The van der Waals surface area contributed by atoms with E-state index in [1.807, 2.05) is 13.8 Å². The lowest BCUT2D eigenvalue weighted by molar-refractivity contribution is -0.116. The Morgan fingerprint density at radius 3 is 2.86 bits per heavy atom. The molecule has 3 aromatic heterocycles. The zero-order valence-corrected chi connectivity index (χ0v) is 18.6. The molecule has 3 heterocycles. The van der Waals surface area contributed by atoms with E-state index in [0.29, 0.717) is 30.0 Å². The molecule has 1 atom stereocenters. The molecule has 4 rings (SSSR count). The maximum Gasteiger partial charge on any atom is 0.252 e. The Labute approximate surface area is 175 Å². The van der Waals surface area contributed by atoms with Crippen LogP contribution in [0.5, 0.6) is 0 Å². The third-order valence-electron chi connectivity index (χ3n) is 6.00. The lowest BCUT2D eigenvalue weighted by Crippen LogP contribution is -2.26. The van der Waals surface area contributed by atoms with Crippen molar-refractivity contribution >= 4 is 28.2 Å². The maximum absolute atomic E-state index is 12.6. The van der Waals surface area contributed by atoms with Gasteiger partial charge >= 0.3 is 0 Å². The maximum atomic E-state index is 12.6. The Morgan fingerprint density at radius 1 is 1.31 bits per heavy atom. The van der Waals surface area contributed by atoms with E-state index in [1.165, 1.54) is 23.3 Å². The van der Waals surface area contributed by atoms with Crippen molar-refractivity contribution in [3.63, 3.8) is 0 Å². The molecular weight excluding hydrogens is 384 g/mol. The van der Waals surface area contributed by atoms with Crippen LogP contribution < -0.4 is 5.32 Å². The molecule has 1 aliphatic carbocycles. The van der Waals surface area contributed by atoms with Gasteiger partial charge in [-0.1, -0.05) is 20.8 Å². The molecule has 0 aromatic carbocycles. The minimum absolute atomic E-state index is 0.0130. The summed E-state index contributed by atoms with van der Waals surface area (Å²) in [6.45, 7) is 10.9. The number of carbonyl (C=O) groups excluding carboxylic acids is 1. The van der Waals surface area contributed by atoms with Crippen molar-refractivity contribution in [3.8, 4) is 0 Å². The van der Waals surface area contributed by atoms with E-state index in [-0.39, 0.29) is 5.91 Å².